The van der Waals surface area contributed by atoms with Gasteiger partial charge in [0.1, 0.15) is 0 Å². The maximum absolute atomic E-state index is 12.2. The van der Waals surface area contributed by atoms with Crippen LogP contribution >= 0.6 is 14.5 Å². The van der Waals surface area contributed by atoms with Crippen LogP contribution in [0.15, 0.2) is 30.3 Å². The van der Waals surface area contributed by atoms with E-state index in [1.807, 2.05) is 30.3 Å². The van der Waals surface area contributed by atoms with Gasteiger partial charge in [-0.1, -0.05) is 0 Å². The van der Waals surface area contributed by atoms with Gasteiger partial charge in [0.05, 0.1) is 0 Å². The molecule has 1 nitrogen and oxygen atoms in total. The molecule has 0 radical (unpaired) electrons. The normalized spacial score (nSPS) is 12.6. The van der Waals surface area contributed by atoms with Gasteiger partial charge < -0.3 is 0 Å². The van der Waals surface area contributed by atoms with E-state index in [1.54, 1.807) is 50.3 Å². The number of Topliss-reactive ketones (excluding diaryl/α,β-unsaturated/α-hetero) is 1. The van der Waals surface area contributed by atoms with E-state index in [2.05, 4.69) is 48.5 Å². The third kappa shape index (κ3) is 19.6. The van der Waals surface area contributed by atoms with Crippen molar-refractivity contribution in [2.75, 3.05) is 49.3 Å². The van der Waals surface area contributed by atoms with Gasteiger partial charge >= 0.3 is 261 Å². The fourth-order valence-corrected chi connectivity index (χ4v) is 15.3. The van der Waals surface area contributed by atoms with Crippen LogP contribution in [0.1, 0.15) is 162 Å². The summed E-state index contributed by atoms with van der Waals surface area (Å²) >= 11 is 0. The van der Waals surface area contributed by atoms with Gasteiger partial charge in [-0.25, -0.2) is 0 Å². The first-order valence-corrected chi connectivity index (χ1v) is 24.2. The third-order valence-corrected chi connectivity index (χ3v) is 21.4. The van der Waals surface area contributed by atoms with Crippen molar-refractivity contribution >= 4 is 20.3 Å². The Morgan fingerprint density at radius 1 is 0.463 bits per heavy atom. The topological polar surface area (TPSA) is 17.1 Å². The molecule has 0 saturated heterocycles. The molecule has 1 aromatic rings. The van der Waals surface area contributed by atoms with Crippen molar-refractivity contribution < 1.29 is 4.79 Å². The molecule has 0 unspecified atom stereocenters. The van der Waals surface area contributed by atoms with Crippen LogP contribution in [0.5, 0.6) is 0 Å². The van der Waals surface area contributed by atoms with Gasteiger partial charge in [-0.15, -0.1) is 0 Å². The first kappa shape index (κ1) is 40.8. The molecule has 0 aliphatic rings. The molecule has 1 rings (SSSR count). The molecule has 0 aliphatic heterocycles. The number of unbranched alkanes of at least 4 members (excludes halogenated alkanes) is 12. The number of rotatable bonds is 26. The SMILES string of the molecule is CCCCCC[PH](CCCCCC)(CCCCCC)CCCCCC.CC[PH](CC)(CC)CC(=O)c1ccccc1. The molecule has 0 fully saturated rings. The van der Waals surface area contributed by atoms with Crippen molar-refractivity contribution in [2.45, 2.75) is 151 Å². The fourth-order valence-electron chi connectivity index (χ4n) is 6.65. The van der Waals surface area contributed by atoms with Crippen molar-refractivity contribution in [1.29, 1.82) is 0 Å². The van der Waals surface area contributed by atoms with Crippen LogP contribution in [0.25, 0.3) is 0 Å². The summed E-state index contributed by atoms with van der Waals surface area (Å²) in [6.07, 6.45) is 34.8. The second-order valence-corrected chi connectivity index (χ2v) is 23.7. The minimum absolute atomic E-state index is 0.345. The summed E-state index contributed by atoms with van der Waals surface area (Å²) < 4.78 is 0. The molecular weight excluding hydrogens is 534 g/mol. The van der Waals surface area contributed by atoms with Crippen LogP contribution in [0.4, 0.5) is 0 Å². The van der Waals surface area contributed by atoms with Gasteiger partial charge in [-0.05, 0) is 0 Å². The second kappa shape index (κ2) is 27.3. The Kier molecular flexibility index (Phi) is 27.1. The molecule has 0 spiro atoms. The minimum atomic E-state index is -1.31. The summed E-state index contributed by atoms with van der Waals surface area (Å²) in [5.41, 5.74) is 0.884. The first-order chi connectivity index (χ1) is 19.9. The summed E-state index contributed by atoms with van der Waals surface area (Å²) in [7, 11) is -2.31. The van der Waals surface area contributed by atoms with Crippen molar-refractivity contribution in [2.24, 2.45) is 0 Å². The maximum atomic E-state index is 12.2. The zero-order chi connectivity index (χ0) is 30.7. The van der Waals surface area contributed by atoms with Crippen LogP contribution in [0.2, 0.25) is 0 Å². The van der Waals surface area contributed by atoms with Gasteiger partial charge in [-0.2, -0.15) is 0 Å². The zero-order valence-electron chi connectivity index (χ0n) is 29.3. The number of hydrogen-bond donors (Lipinski definition) is 0. The van der Waals surface area contributed by atoms with E-state index in [9.17, 15) is 4.79 Å². The van der Waals surface area contributed by atoms with Crippen LogP contribution < -0.4 is 0 Å². The molecule has 41 heavy (non-hydrogen) atoms. The molecule has 0 bridgehead atoms. The van der Waals surface area contributed by atoms with E-state index in [0.29, 0.717) is 5.78 Å². The number of ketones is 1. The number of benzene rings is 1. The summed E-state index contributed by atoms with van der Waals surface area (Å²) in [6.45, 7) is 16.2. The molecule has 0 N–H and O–H groups in total. The molecule has 1 aromatic carbocycles. The fraction of sp³-hybridized carbons (Fsp3) is 0.816. The average Bonchev–Trinajstić information content (AvgIpc) is 3.01. The van der Waals surface area contributed by atoms with Crippen molar-refractivity contribution in [3.05, 3.63) is 35.9 Å². The molecule has 0 aromatic heterocycles. The summed E-state index contributed by atoms with van der Waals surface area (Å²) in [4.78, 5) is 12.2. The van der Waals surface area contributed by atoms with E-state index in [4.69, 9.17) is 0 Å². The first-order valence-electron chi connectivity index (χ1n) is 18.5. The Morgan fingerprint density at radius 3 is 1.10 bits per heavy atom. The molecule has 0 heterocycles. The molecule has 0 saturated carbocycles. The predicted octanol–water partition coefficient (Wildman–Crippen LogP) is 12.7. The van der Waals surface area contributed by atoms with E-state index in [1.165, 1.54) is 95.5 Å². The third-order valence-electron chi connectivity index (χ3n) is 10.1. The molecule has 0 aliphatic carbocycles. The quantitative estimate of drug-likeness (QED) is 0.0579. The summed E-state index contributed by atoms with van der Waals surface area (Å²) in [5, 5.41) is 0. The molecule has 0 atom stereocenters. The van der Waals surface area contributed by atoms with Crippen molar-refractivity contribution in [3.8, 4) is 0 Å². The molecule has 3 heteroatoms. The number of hydrogen-bond acceptors (Lipinski definition) is 1. The van der Waals surface area contributed by atoms with Crippen LogP contribution in [0, 0.1) is 0 Å². The average molecular weight is 611 g/mol. The van der Waals surface area contributed by atoms with Gasteiger partial charge in [0.25, 0.3) is 0 Å². The Balaban J connectivity index is 0.000000856. The van der Waals surface area contributed by atoms with E-state index < -0.39 is 14.5 Å². The van der Waals surface area contributed by atoms with Gasteiger partial charge in [0.2, 0.25) is 0 Å². The van der Waals surface area contributed by atoms with Gasteiger partial charge in [-0.3, -0.25) is 0 Å². The Bertz CT molecular complexity index is 636. The summed E-state index contributed by atoms with van der Waals surface area (Å²) in [6, 6.07) is 9.71. The Hall–Kier alpha value is -0.250. The standard InChI is InChI=1S/C24H53P.C14H23OP/c1-5-9-13-17-21-25(22-18-14-10-6-2,23-19-15-11-7-3)24-20-16-12-8-4;1-4-16(5-2,6-3)12-14(15)13-10-8-7-9-11-13/h25H,5-24H2,1-4H3;7-11,16H,4-6,12H2,1-3H3. The van der Waals surface area contributed by atoms with E-state index in [-0.39, 0.29) is 0 Å². The zero-order valence-corrected chi connectivity index (χ0v) is 31.3. The molecule has 0 amide bonds. The van der Waals surface area contributed by atoms with E-state index in [0.717, 1.165) is 11.7 Å². The Labute approximate surface area is 260 Å². The van der Waals surface area contributed by atoms with Gasteiger partial charge in [0.15, 0.2) is 0 Å². The van der Waals surface area contributed by atoms with Crippen LogP contribution in [-0.2, 0) is 0 Å². The van der Waals surface area contributed by atoms with Crippen LogP contribution in [0.3, 0.4) is 0 Å². The second-order valence-electron chi connectivity index (χ2n) is 13.3. The predicted molar refractivity (Wildman–Crippen MR) is 200 cm³/mol. The Morgan fingerprint density at radius 2 is 0.805 bits per heavy atom. The van der Waals surface area contributed by atoms with Crippen LogP contribution in [-0.4, -0.2) is 55.1 Å². The number of carbonyl (C=O) groups is 1. The number of carbonyl (C=O) groups excluding carboxylic acids is 1. The molecule has 244 valence electrons. The van der Waals surface area contributed by atoms with Crippen molar-refractivity contribution in [1.82, 2.24) is 0 Å². The van der Waals surface area contributed by atoms with Crippen molar-refractivity contribution in [3.63, 3.8) is 0 Å². The monoisotopic (exact) mass is 611 g/mol. The summed E-state index contributed by atoms with van der Waals surface area (Å²) in [5.74, 6) is 0.345. The molecular formula is C38H76OP2. The van der Waals surface area contributed by atoms with Gasteiger partial charge in [0, 0.05) is 0 Å². The van der Waals surface area contributed by atoms with E-state index >= 15 is 0 Å².